The molecular formula is C18H26N4O. The molecule has 1 fully saturated rings. The van der Waals surface area contributed by atoms with Crippen molar-refractivity contribution < 1.29 is 4.79 Å². The highest BCUT2D eigenvalue weighted by Crippen LogP contribution is 2.38. The Bertz CT molecular complexity index is 625. The fourth-order valence-electron chi connectivity index (χ4n) is 3.60. The molecule has 3 rings (SSSR count). The van der Waals surface area contributed by atoms with Crippen molar-refractivity contribution in [3.63, 3.8) is 0 Å². The number of H-pyrrole nitrogens is 1. The van der Waals surface area contributed by atoms with Crippen molar-refractivity contribution >= 4 is 16.9 Å². The molecule has 0 unspecified atom stereocenters. The van der Waals surface area contributed by atoms with Crippen molar-refractivity contribution in [3.8, 4) is 0 Å². The van der Waals surface area contributed by atoms with E-state index in [1.807, 2.05) is 24.3 Å². The molecule has 1 saturated carbocycles. The second-order valence-corrected chi connectivity index (χ2v) is 6.74. The number of fused-ring (bicyclic) bond motifs is 1. The summed E-state index contributed by atoms with van der Waals surface area (Å²) in [4.78, 5) is 20.1. The normalized spacial score (nSPS) is 17.3. The molecule has 5 nitrogen and oxygen atoms in total. The van der Waals surface area contributed by atoms with Crippen LogP contribution < -0.4 is 11.1 Å². The van der Waals surface area contributed by atoms with Crippen LogP contribution in [0.2, 0.25) is 0 Å². The molecule has 4 N–H and O–H groups in total. The Labute approximate surface area is 137 Å². The van der Waals surface area contributed by atoms with Crippen LogP contribution in [0.4, 0.5) is 0 Å². The van der Waals surface area contributed by atoms with Crippen molar-refractivity contribution in [1.82, 2.24) is 15.3 Å². The highest BCUT2D eigenvalue weighted by Gasteiger charge is 2.32. The Morgan fingerprint density at radius 2 is 2.04 bits per heavy atom. The van der Waals surface area contributed by atoms with Crippen LogP contribution in [0.15, 0.2) is 24.3 Å². The molecule has 0 aliphatic heterocycles. The van der Waals surface area contributed by atoms with E-state index in [1.165, 1.54) is 19.3 Å². The van der Waals surface area contributed by atoms with Gasteiger partial charge in [-0.05, 0) is 36.9 Å². The Hall–Kier alpha value is -1.88. The van der Waals surface area contributed by atoms with E-state index in [1.54, 1.807) is 0 Å². The lowest BCUT2D eigenvalue weighted by Crippen LogP contribution is -2.39. The first kappa shape index (κ1) is 16.0. The summed E-state index contributed by atoms with van der Waals surface area (Å²) in [5, 5.41) is 3.03. The van der Waals surface area contributed by atoms with Crippen LogP contribution in [-0.2, 0) is 11.2 Å². The van der Waals surface area contributed by atoms with Crippen LogP contribution in [0.5, 0.6) is 0 Å². The number of nitrogens with one attached hydrogen (secondary N) is 2. The second kappa shape index (κ2) is 7.13. The number of nitrogens with zero attached hydrogens (tertiary/aromatic N) is 1. The van der Waals surface area contributed by atoms with Gasteiger partial charge in [0.2, 0.25) is 5.91 Å². The van der Waals surface area contributed by atoms with E-state index in [0.717, 1.165) is 36.1 Å². The van der Waals surface area contributed by atoms with Gasteiger partial charge in [-0.1, -0.05) is 31.4 Å². The van der Waals surface area contributed by atoms with E-state index >= 15 is 0 Å². The van der Waals surface area contributed by atoms with E-state index in [2.05, 4.69) is 15.3 Å². The number of hydrogen-bond acceptors (Lipinski definition) is 3. The maximum absolute atomic E-state index is 12.2. The van der Waals surface area contributed by atoms with Gasteiger partial charge in [0.1, 0.15) is 5.82 Å². The first-order valence-corrected chi connectivity index (χ1v) is 8.61. The summed E-state index contributed by atoms with van der Waals surface area (Å²) in [6.07, 6.45) is 7.11. The van der Waals surface area contributed by atoms with Crippen molar-refractivity contribution in [2.24, 2.45) is 11.1 Å². The van der Waals surface area contributed by atoms with Gasteiger partial charge in [-0.2, -0.15) is 0 Å². The summed E-state index contributed by atoms with van der Waals surface area (Å²) in [6.45, 7) is 1.23. The van der Waals surface area contributed by atoms with E-state index in [0.29, 0.717) is 19.5 Å². The first-order chi connectivity index (χ1) is 11.2. The van der Waals surface area contributed by atoms with Gasteiger partial charge in [-0.15, -0.1) is 0 Å². The monoisotopic (exact) mass is 314 g/mol. The van der Waals surface area contributed by atoms with Gasteiger partial charge in [0.25, 0.3) is 0 Å². The molecule has 1 aromatic heterocycles. The summed E-state index contributed by atoms with van der Waals surface area (Å²) in [5.74, 6) is 1.03. The minimum atomic E-state index is 0.0295. The number of para-hydroxylation sites is 2. The van der Waals surface area contributed by atoms with Gasteiger partial charge in [0.15, 0.2) is 0 Å². The molecule has 1 aromatic carbocycles. The number of amides is 1. The number of carbonyl (C=O) groups is 1. The smallest absolute Gasteiger partial charge is 0.220 e. The average Bonchev–Trinajstić information content (AvgIpc) is 2.98. The molecule has 1 amide bonds. The lowest BCUT2D eigenvalue weighted by atomic mass is 9.71. The number of aromatic amines is 1. The Morgan fingerprint density at radius 3 is 2.78 bits per heavy atom. The zero-order chi connectivity index (χ0) is 16.1. The largest absolute Gasteiger partial charge is 0.356 e. The molecule has 1 aliphatic carbocycles. The summed E-state index contributed by atoms with van der Waals surface area (Å²) < 4.78 is 0. The quantitative estimate of drug-likeness (QED) is 0.766. The SMILES string of the molecule is NCC1(CC(=O)NCCc2nc3ccccc3[nH]2)CCCCC1. The van der Waals surface area contributed by atoms with Crippen LogP contribution in [-0.4, -0.2) is 29.0 Å². The molecule has 0 saturated heterocycles. The molecule has 2 aromatic rings. The third-order valence-corrected chi connectivity index (χ3v) is 5.01. The Morgan fingerprint density at radius 1 is 1.26 bits per heavy atom. The number of hydrogen-bond donors (Lipinski definition) is 3. The molecule has 0 radical (unpaired) electrons. The van der Waals surface area contributed by atoms with Crippen LogP contribution in [0, 0.1) is 5.41 Å². The third kappa shape index (κ3) is 3.91. The number of imidazole rings is 1. The minimum Gasteiger partial charge on any atom is -0.356 e. The van der Waals surface area contributed by atoms with Gasteiger partial charge in [0, 0.05) is 19.4 Å². The summed E-state index contributed by atoms with van der Waals surface area (Å²) in [7, 11) is 0. The second-order valence-electron chi connectivity index (χ2n) is 6.74. The van der Waals surface area contributed by atoms with Crippen LogP contribution in [0.1, 0.15) is 44.3 Å². The van der Waals surface area contributed by atoms with Gasteiger partial charge >= 0.3 is 0 Å². The average molecular weight is 314 g/mol. The lowest BCUT2D eigenvalue weighted by Gasteiger charge is -2.35. The predicted octanol–water partition coefficient (Wildman–Crippen LogP) is 2.52. The summed E-state index contributed by atoms with van der Waals surface area (Å²) >= 11 is 0. The fraction of sp³-hybridized carbons (Fsp3) is 0.556. The molecule has 0 bridgehead atoms. The molecule has 5 heteroatoms. The molecule has 0 spiro atoms. The van der Waals surface area contributed by atoms with Gasteiger partial charge in [-0.3, -0.25) is 4.79 Å². The Balaban J connectivity index is 1.48. The van der Waals surface area contributed by atoms with E-state index in [4.69, 9.17) is 5.73 Å². The number of aromatic nitrogens is 2. The van der Waals surface area contributed by atoms with Crippen molar-refractivity contribution in [2.75, 3.05) is 13.1 Å². The lowest BCUT2D eigenvalue weighted by molar-refractivity contribution is -0.123. The number of nitrogens with two attached hydrogens (primary N) is 1. The number of benzene rings is 1. The third-order valence-electron chi connectivity index (χ3n) is 5.01. The van der Waals surface area contributed by atoms with Gasteiger partial charge in [-0.25, -0.2) is 4.98 Å². The van der Waals surface area contributed by atoms with E-state index < -0.39 is 0 Å². The minimum absolute atomic E-state index is 0.0295. The Kier molecular flexibility index (Phi) is 4.96. The maximum Gasteiger partial charge on any atom is 0.220 e. The van der Waals surface area contributed by atoms with Crippen LogP contribution >= 0.6 is 0 Å². The zero-order valence-electron chi connectivity index (χ0n) is 13.6. The van der Waals surface area contributed by atoms with Crippen molar-refractivity contribution in [2.45, 2.75) is 44.9 Å². The summed E-state index contributed by atoms with van der Waals surface area (Å²) in [5.41, 5.74) is 7.99. The molecule has 1 heterocycles. The van der Waals surface area contributed by atoms with Gasteiger partial charge < -0.3 is 16.0 Å². The number of carbonyl (C=O) groups excluding carboxylic acids is 1. The van der Waals surface area contributed by atoms with Crippen LogP contribution in [0.3, 0.4) is 0 Å². The molecular weight excluding hydrogens is 288 g/mol. The predicted molar refractivity (Wildman–Crippen MR) is 92.0 cm³/mol. The van der Waals surface area contributed by atoms with E-state index in [9.17, 15) is 4.79 Å². The molecule has 0 atom stereocenters. The topological polar surface area (TPSA) is 83.8 Å². The highest BCUT2D eigenvalue weighted by atomic mass is 16.1. The molecule has 23 heavy (non-hydrogen) atoms. The molecule has 1 aliphatic rings. The fourth-order valence-corrected chi connectivity index (χ4v) is 3.60. The van der Waals surface area contributed by atoms with Crippen molar-refractivity contribution in [1.29, 1.82) is 0 Å². The number of rotatable bonds is 6. The standard InChI is InChI=1S/C18H26N4O/c19-13-18(9-4-1-5-10-18)12-17(23)20-11-8-16-21-14-6-2-3-7-15(14)22-16/h2-3,6-7H,1,4-5,8-13,19H2,(H,20,23)(H,21,22). The highest BCUT2D eigenvalue weighted by molar-refractivity contribution is 5.77. The molecule has 124 valence electrons. The van der Waals surface area contributed by atoms with Crippen LogP contribution in [0.25, 0.3) is 11.0 Å². The zero-order valence-corrected chi connectivity index (χ0v) is 13.6. The maximum atomic E-state index is 12.2. The first-order valence-electron chi connectivity index (χ1n) is 8.61. The van der Waals surface area contributed by atoms with Crippen molar-refractivity contribution in [3.05, 3.63) is 30.1 Å². The van der Waals surface area contributed by atoms with Gasteiger partial charge in [0.05, 0.1) is 11.0 Å². The van der Waals surface area contributed by atoms with E-state index in [-0.39, 0.29) is 11.3 Å². The summed E-state index contributed by atoms with van der Waals surface area (Å²) in [6, 6.07) is 7.97.